The molecule has 0 unspecified atom stereocenters. The number of ketones is 1. The molecule has 1 aliphatic carbocycles. The highest BCUT2D eigenvalue weighted by Crippen LogP contribution is 2.25. The monoisotopic (exact) mass is 298 g/mol. The lowest BCUT2D eigenvalue weighted by atomic mass is 9.93. The Bertz CT molecular complexity index is 431. The zero-order valence-electron chi connectivity index (χ0n) is 8.80. The predicted octanol–water partition coefficient (Wildman–Crippen LogP) is 4.79. The standard InChI is InChI=1S/C13H12BrClO/c14-11-6-10(7-12(15)8-11)13(16)9-4-2-1-3-5-9/h4,6-8H,1-3,5H2. The van der Waals surface area contributed by atoms with Gasteiger partial charge in [0.25, 0.3) is 0 Å². The van der Waals surface area contributed by atoms with Crippen LogP contribution in [0.5, 0.6) is 0 Å². The molecule has 0 atom stereocenters. The van der Waals surface area contributed by atoms with Gasteiger partial charge >= 0.3 is 0 Å². The van der Waals surface area contributed by atoms with Crippen LogP contribution in [0.15, 0.2) is 34.3 Å². The molecule has 0 saturated carbocycles. The molecule has 0 saturated heterocycles. The maximum Gasteiger partial charge on any atom is 0.188 e. The molecule has 0 fully saturated rings. The molecule has 0 spiro atoms. The molecule has 1 aromatic rings. The first-order chi connectivity index (χ1) is 7.66. The summed E-state index contributed by atoms with van der Waals surface area (Å²) >= 11 is 9.28. The highest BCUT2D eigenvalue weighted by molar-refractivity contribution is 9.10. The summed E-state index contributed by atoms with van der Waals surface area (Å²) in [6, 6.07) is 5.33. The molecule has 0 aromatic heterocycles. The second-order valence-corrected chi connectivity index (χ2v) is 5.31. The van der Waals surface area contributed by atoms with Gasteiger partial charge in [0, 0.05) is 15.1 Å². The molecule has 0 N–H and O–H groups in total. The fourth-order valence-corrected chi connectivity index (χ4v) is 2.77. The number of carbonyl (C=O) groups is 1. The molecular weight excluding hydrogens is 287 g/mol. The minimum atomic E-state index is 0.114. The maximum absolute atomic E-state index is 12.2. The highest BCUT2D eigenvalue weighted by atomic mass is 79.9. The van der Waals surface area contributed by atoms with Gasteiger partial charge in [0.2, 0.25) is 0 Å². The Morgan fingerprint density at radius 2 is 2.06 bits per heavy atom. The predicted molar refractivity (Wildman–Crippen MR) is 70.0 cm³/mol. The summed E-state index contributed by atoms with van der Waals surface area (Å²) in [7, 11) is 0. The van der Waals surface area contributed by atoms with E-state index >= 15 is 0 Å². The van der Waals surface area contributed by atoms with E-state index in [-0.39, 0.29) is 5.78 Å². The first kappa shape index (κ1) is 11.9. The third-order valence-corrected chi connectivity index (χ3v) is 3.38. The van der Waals surface area contributed by atoms with Crippen LogP contribution in [0.1, 0.15) is 36.0 Å². The minimum absolute atomic E-state index is 0.114. The van der Waals surface area contributed by atoms with Gasteiger partial charge in [0.05, 0.1) is 0 Å². The minimum Gasteiger partial charge on any atom is -0.289 e. The number of rotatable bonds is 2. The smallest absolute Gasteiger partial charge is 0.188 e. The highest BCUT2D eigenvalue weighted by Gasteiger charge is 2.15. The number of carbonyl (C=O) groups excluding carboxylic acids is 1. The Kier molecular flexibility index (Phi) is 3.82. The third kappa shape index (κ3) is 2.74. The van der Waals surface area contributed by atoms with E-state index < -0.39 is 0 Å². The van der Waals surface area contributed by atoms with Gasteiger partial charge in [0.15, 0.2) is 5.78 Å². The molecule has 0 radical (unpaired) electrons. The molecule has 1 aromatic carbocycles. The number of halogens is 2. The Hall–Kier alpha value is -0.600. The number of Topliss-reactive ketones (excluding diaryl/α,β-unsaturated/α-hetero) is 1. The van der Waals surface area contributed by atoms with Gasteiger partial charge < -0.3 is 0 Å². The second kappa shape index (κ2) is 5.15. The summed E-state index contributed by atoms with van der Waals surface area (Å²) in [5, 5.41) is 0.592. The zero-order chi connectivity index (χ0) is 11.5. The molecule has 84 valence electrons. The molecule has 0 amide bonds. The number of hydrogen-bond acceptors (Lipinski definition) is 1. The quantitative estimate of drug-likeness (QED) is 0.718. The third-order valence-electron chi connectivity index (χ3n) is 2.71. The summed E-state index contributed by atoms with van der Waals surface area (Å²) in [6.07, 6.45) is 6.27. The van der Waals surface area contributed by atoms with Crippen molar-refractivity contribution in [2.45, 2.75) is 25.7 Å². The van der Waals surface area contributed by atoms with Crippen molar-refractivity contribution in [2.75, 3.05) is 0 Å². The van der Waals surface area contributed by atoms with Gasteiger partial charge in [-0.2, -0.15) is 0 Å². The number of hydrogen-bond donors (Lipinski definition) is 0. The van der Waals surface area contributed by atoms with Crippen molar-refractivity contribution < 1.29 is 4.79 Å². The molecule has 0 aliphatic heterocycles. The normalized spacial score (nSPS) is 15.8. The van der Waals surface area contributed by atoms with E-state index in [1.165, 1.54) is 6.42 Å². The molecule has 16 heavy (non-hydrogen) atoms. The van der Waals surface area contributed by atoms with E-state index in [4.69, 9.17) is 11.6 Å². The maximum atomic E-state index is 12.2. The van der Waals surface area contributed by atoms with Crippen LogP contribution in [0.25, 0.3) is 0 Å². The van der Waals surface area contributed by atoms with Crippen molar-refractivity contribution in [3.05, 3.63) is 44.9 Å². The molecule has 1 aliphatic rings. The topological polar surface area (TPSA) is 17.1 Å². The summed E-state index contributed by atoms with van der Waals surface area (Å²) in [4.78, 5) is 12.2. The first-order valence-corrected chi connectivity index (χ1v) is 6.54. The lowest BCUT2D eigenvalue weighted by Gasteiger charge is -2.11. The molecule has 0 bridgehead atoms. The molecule has 1 nitrogen and oxygen atoms in total. The Morgan fingerprint density at radius 1 is 1.25 bits per heavy atom. The van der Waals surface area contributed by atoms with E-state index in [1.807, 2.05) is 6.07 Å². The molecule has 0 heterocycles. The number of benzene rings is 1. The van der Waals surface area contributed by atoms with Gasteiger partial charge in [-0.25, -0.2) is 0 Å². The van der Waals surface area contributed by atoms with Crippen molar-refractivity contribution in [3.8, 4) is 0 Å². The van der Waals surface area contributed by atoms with Crippen LogP contribution >= 0.6 is 27.5 Å². The van der Waals surface area contributed by atoms with Crippen molar-refractivity contribution in [1.82, 2.24) is 0 Å². The van der Waals surface area contributed by atoms with Crippen LogP contribution in [-0.2, 0) is 0 Å². The Balaban J connectivity index is 2.29. The van der Waals surface area contributed by atoms with E-state index in [9.17, 15) is 4.79 Å². The largest absolute Gasteiger partial charge is 0.289 e. The van der Waals surface area contributed by atoms with Crippen molar-refractivity contribution in [3.63, 3.8) is 0 Å². The van der Waals surface area contributed by atoms with Gasteiger partial charge in [-0.3, -0.25) is 4.79 Å². The molecule has 3 heteroatoms. The van der Waals surface area contributed by atoms with E-state index in [0.29, 0.717) is 10.6 Å². The van der Waals surface area contributed by atoms with Crippen LogP contribution in [-0.4, -0.2) is 5.78 Å². The van der Waals surface area contributed by atoms with Gasteiger partial charge in [-0.05, 0) is 49.5 Å². The first-order valence-electron chi connectivity index (χ1n) is 5.36. The summed E-state index contributed by atoms with van der Waals surface area (Å²) < 4.78 is 0.847. The summed E-state index contributed by atoms with van der Waals surface area (Å²) in [5.74, 6) is 0.114. The molecule has 2 rings (SSSR count). The Labute approximate surface area is 109 Å². The number of allylic oxidation sites excluding steroid dienone is 2. The fourth-order valence-electron chi connectivity index (χ4n) is 1.91. The second-order valence-electron chi connectivity index (χ2n) is 3.96. The summed E-state index contributed by atoms with van der Waals surface area (Å²) in [5.41, 5.74) is 1.60. The van der Waals surface area contributed by atoms with Crippen LogP contribution in [0.4, 0.5) is 0 Å². The van der Waals surface area contributed by atoms with E-state index in [2.05, 4.69) is 22.0 Å². The zero-order valence-corrected chi connectivity index (χ0v) is 11.1. The SMILES string of the molecule is O=C(C1=CCCCC1)c1cc(Cl)cc(Br)c1. The average molecular weight is 300 g/mol. The fraction of sp³-hybridized carbons (Fsp3) is 0.308. The van der Waals surface area contributed by atoms with Crippen LogP contribution in [0, 0.1) is 0 Å². The van der Waals surface area contributed by atoms with Crippen molar-refractivity contribution in [2.24, 2.45) is 0 Å². The van der Waals surface area contributed by atoms with Gasteiger partial charge in [-0.15, -0.1) is 0 Å². The average Bonchev–Trinajstić information content (AvgIpc) is 2.28. The van der Waals surface area contributed by atoms with Crippen LogP contribution in [0.2, 0.25) is 5.02 Å². The Morgan fingerprint density at radius 3 is 2.69 bits per heavy atom. The van der Waals surface area contributed by atoms with E-state index in [0.717, 1.165) is 29.3 Å². The van der Waals surface area contributed by atoms with E-state index in [1.54, 1.807) is 12.1 Å². The van der Waals surface area contributed by atoms with Crippen molar-refractivity contribution in [1.29, 1.82) is 0 Å². The lowest BCUT2D eigenvalue weighted by Crippen LogP contribution is -2.06. The lowest BCUT2D eigenvalue weighted by molar-refractivity contribution is 0.102. The van der Waals surface area contributed by atoms with Gasteiger partial charge in [0.1, 0.15) is 0 Å². The van der Waals surface area contributed by atoms with Gasteiger partial charge in [-0.1, -0.05) is 33.6 Å². The van der Waals surface area contributed by atoms with Crippen LogP contribution in [0.3, 0.4) is 0 Å². The molecular formula is C13H12BrClO. The van der Waals surface area contributed by atoms with Crippen molar-refractivity contribution >= 4 is 33.3 Å². The van der Waals surface area contributed by atoms with Crippen LogP contribution < -0.4 is 0 Å². The summed E-state index contributed by atoms with van der Waals surface area (Å²) in [6.45, 7) is 0.